The number of hydrogen-bond acceptors (Lipinski definition) is 5. The molecule has 1 fully saturated rings. The Balaban J connectivity index is 2.08. The van der Waals surface area contributed by atoms with Crippen LogP contribution < -0.4 is 10.2 Å². The lowest BCUT2D eigenvalue weighted by atomic mass is 9.96. The van der Waals surface area contributed by atoms with E-state index in [2.05, 4.69) is 15.2 Å². The van der Waals surface area contributed by atoms with Gasteiger partial charge in [0.25, 0.3) is 5.91 Å². The van der Waals surface area contributed by atoms with Gasteiger partial charge in [0, 0.05) is 44.5 Å². The molecular weight excluding hydrogens is 320 g/mol. The quantitative estimate of drug-likeness (QED) is 0.764. The molecule has 0 bridgehead atoms. The molecule has 2 amide bonds. The molecule has 1 atom stereocenters. The van der Waals surface area contributed by atoms with Crippen molar-refractivity contribution in [3.05, 3.63) is 23.9 Å². The van der Waals surface area contributed by atoms with Crippen LogP contribution in [0.2, 0.25) is 0 Å². The number of aliphatic hydroxyl groups is 1. The molecule has 0 aliphatic carbocycles. The number of nitrogens with zero attached hydrogens (tertiary/aromatic N) is 3. The Kier molecular flexibility index (Phi) is 7.18. The minimum atomic E-state index is -0.231. The first kappa shape index (κ1) is 19.2. The van der Waals surface area contributed by atoms with Crippen molar-refractivity contribution in [1.29, 1.82) is 0 Å². The van der Waals surface area contributed by atoms with E-state index in [9.17, 15) is 9.59 Å². The maximum absolute atomic E-state index is 12.6. The van der Waals surface area contributed by atoms with E-state index in [0.717, 1.165) is 32.5 Å². The monoisotopic (exact) mass is 348 g/mol. The molecule has 2 N–H and O–H groups in total. The molecule has 1 unspecified atom stereocenters. The largest absolute Gasteiger partial charge is 0.395 e. The highest BCUT2D eigenvalue weighted by atomic mass is 16.3. The number of pyridine rings is 1. The Bertz CT molecular complexity index is 589. The highest BCUT2D eigenvalue weighted by Crippen LogP contribution is 2.23. The van der Waals surface area contributed by atoms with Gasteiger partial charge in [-0.2, -0.15) is 0 Å². The molecule has 1 aliphatic rings. The Morgan fingerprint density at radius 3 is 2.84 bits per heavy atom. The van der Waals surface area contributed by atoms with E-state index in [0.29, 0.717) is 17.9 Å². The van der Waals surface area contributed by atoms with Gasteiger partial charge in [0.2, 0.25) is 5.91 Å². The molecule has 1 aromatic rings. The van der Waals surface area contributed by atoms with Crippen LogP contribution in [-0.2, 0) is 4.79 Å². The third-order valence-electron chi connectivity index (χ3n) is 4.57. The summed E-state index contributed by atoms with van der Waals surface area (Å²) in [5.74, 6) is 0.660. The van der Waals surface area contributed by atoms with Crippen LogP contribution in [0.15, 0.2) is 18.3 Å². The van der Waals surface area contributed by atoms with Gasteiger partial charge in [0.1, 0.15) is 5.82 Å². The second-order valence-electron chi connectivity index (χ2n) is 6.18. The van der Waals surface area contributed by atoms with Gasteiger partial charge in [0.15, 0.2) is 0 Å². The SMILES string of the molecule is CCN(CC)C(=O)C1CCCN(c2cc(C(=O)NCCO)ccn2)C1. The van der Waals surface area contributed by atoms with Gasteiger partial charge < -0.3 is 20.2 Å². The van der Waals surface area contributed by atoms with Gasteiger partial charge in [-0.25, -0.2) is 4.98 Å². The van der Waals surface area contributed by atoms with Crippen LogP contribution in [0, 0.1) is 5.92 Å². The number of piperidine rings is 1. The van der Waals surface area contributed by atoms with Gasteiger partial charge in [0.05, 0.1) is 12.5 Å². The number of hydrogen-bond donors (Lipinski definition) is 2. The number of carbonyl (C=O) groups is 2. The first-order chi connectivity index (χ1) is 12.1. The fourth-order valence-corrected chi connectivity index (χ4v) is 3.18. The fraction of sp³-hybridized carbons (Fsp3) is 0.611. The van der Waals surface area contributed by atoms with Crippen LogP contribution >= 0.6 is 0 Å². The molecule has 0 radical (unpaired) electrons. The predicted molar refractivity (Wildman–Crippen MR) is 96.5 cm³/mol. The summed E-state index contributed by atoms with van der Waals surface area (Å²) >= 11 is 0. The smallest absolute Gasteiger partial charge is 0.251 e. The molecule has 25 heavy (non-hydrogen) atoms. The van der Waals surface area contributed by atoms with Crippen LogP contribution in [0.5, 0.6) is 0 Å². The number of amides is 2. The third-order valence-corrected chi connectivity index (χ3v) is 4.57. The van der Waals surface area contributed by atoms with Crippen molar-refractivity contribution in [3.63, 3.8) is 0 Å². The summed E-state index contributed by atoms with van der Waals surface area (Å²) in [6.07, 6.45) is 3.43. The Labute approximate surface area is 149 Å². The molecule has 0 saturated carbocycles. The number of nitrogens with one attached hydrogen (secondary N) is 1. The second-order valence-corrected chi connectivity index (χ2v) is 6.18. The zero-order valence-electron chi connectivity index (χ0n) is 15.1. The molecule has 138 valence electrons. The van der Waals surface area contributed by atoms with Gasteiger partial charge in [-0.1, -0.05) is 0 Å². The van der Waals surface area contributed by atoms with Crippen molar-refractivity contribution < 1.29 is 14.7 Å². The average Bonchev–Trinajstić information content (AvgIpc) is 2.67. The highest BCUT2D eigenvalue weighted by Gasteiger charge is 2.29. The second kappa shape index (κ2) is 9.36. The summed E-state index contributed by atoms with van der Waals surface area (Å²) in [7, 11) is 0. The van der Waals surface area contributed by atoms with Crippen molar-refractivity contribution in [2.75, 3.05) is 44.2 Å². The molecule has 1 saturated heterocycles. The minimum Gasteiger partial charge on any atom is -0.395 e. The van der Waals surface area contributed by atoms with Crippen molar-refractivity contribution in [2.45, 2.75) is 26.7 Å². The maximum atomic E-state index is 12.6. The van der Waals surface area contributed by atoms with Crippen LogP contribution in [0.4, 0.5) is 5.82 Å². The van der Waals surface area contributed by atoms with Crippen LogP contribution in [-0.4, -0.2) is 66.1 Å². The molecule has 0 spiro atoms. The lowest BCUT2D eigenvalue weighted by Crippen LogP contribution is -2.45. The molecular formula is C18H28N4O3. The van der Waals surface area contributed by atoms with Crippen molar-refractivity contribution in [3.8, 4) is 0 Å². The standard InChI is InChI=1S/C18H28N4O3/c1-3-21(4-2)18(25)15-6-5-10-22(13-15)16-12-14(7-8-19-16)17(24)20-9-11-23/h7-8,12,15,23H,3-6,9-11,13H2,1-2H3,(H,20,24). The van der Waals surface area contributed by atoms with E-state index in [1.165, 1.54) is 0 Å². The average molecular weight is 348 g/mol. The Morgan fingerprint density at radius 2 is 2.16 bits per heavy atom. The van der Waals surface area contributed by atoms with Crippen LogP contribution in [0.3, 0.4) is 0 Å². The molecule has 2 heterocycles. The van der Waals surface area contributed by atoms with Gasteiger partial charge in [-0.15, -0.1) is 0 Å². The van der Waals surface area contributed by atoms with Gasteiger partial charge in [-0.05, 0) is 38.8 Å². The van der Waals surface area contributed by atoms with Gasteiger partial charge in [-0.3, -0.25) is 9.59 Å². The summed E-state index contributed by atoms with van der Waals surface area (Å²) in [4.78, 5) is 33.0. The number of aliphatic hydroxyl groups excluding tert-OH is 1. The maximum Gasteiger partial charge on any atom is 0.251 e. The highest BCUT2D eigenvalue weighted by molar-refractivity contribution is 5.94. The van der Waals surface area contributed by atoms with E-state index in [1.54, 1.807) is 18.3 Å². The van der Waals surface area contributed by atoms with E-state index in [-0.39, 0.29) is 30.9 Å². The molecule has 7 heteroatoms. The molecule has 1 aliphatic heterocycles. The number of anilines is 1. The van der Waals surface area contributed by atoms with Crippen LogP contribution in [0.1, 0.15) is 37.0 Å². The molecule has 2 rings (SSSR count). The summed E-state index contributed by atoms with van der Waals surface area (Å²) in [5, 5.41) is 11.5. The Hall–Kier alpha value is -2.15. The predicted octanol–water partition coefficient (Wildman–Crippen LogP) is 0.889. The summed E-state index contributed by atoms with van der Waals surface area (Å²) < 4.78 is 0. The van der Waals surface area contributed by atoms with E-state index in [4.69, 9.17) is 5.11 Å². The molecule has 1 aromatic heterocycles. The zero-order chi connectivity index (χ0) is 18.2. The first-order valence-corrected chi connectivity index (χ1v) is 8.99. The number of aromatic nitrogens is 1. The number of rotatable bonds is 7. The topological polar surface area (TPSA) is 85.8 Å². The normalized spacial score (nSPS) is 17.2. The van der Waals surface area contributed by atoms with Crippen molar-refractivity contribution >= 4 is 17.6 Å². The lowest BCUT2D eigenvalue weighted by molar-refractivity contribution is -0.135. The third kappa shape index (κ3) is 4.92. The van der Waals surface area contributed by atoms with Crippen LogP contribution in [0.25, 0.3) is 0 Å². The summed E-state index contributed by atoms with van der Waals surface area (Å²) in [5.41, 5.74) is 0.510. The van der Waals surface area contributed by atoms with E-state index in [1.807, 2.05) is 18.7 Å². The number of carbonyl (C=O) groups excluding carboxylic acids is 2. The fourth-order valence-electron chi connectivity index (χ4n) is 3.18. The molecule has 0 aromatic carbocycles. The summed E-state index contributed by atoms with van der Waals surface area (Å²) in [6.45, 7) is 7.04. The van der Waals surface area contributed by atoms with Crippen molar-refractivity contribution in [2.24, 2.45) is 5.92 Å². The summed E-state index contributed by atoms with van der Waals surface area (Å²) in [6, 6.07) is 3.40. The Morgan fingerprint density at radius 1 is 1.40 bits per heavy atom. The van der Waals surface area contributed by atoms with E-state index < -0.39 is 0 Å². The minimum absolute atomic E-state index is 0.0256. The molecule has 7 nitrogen and oxygen atoms in total. The van der Waals surface area contributed by atoms with E-state index >= 15 is 0 Å². The lowest BCUT2D eigenvalue weighted by Gasteiger charge is -2.35. The van der Waals surface area contributed by atoms with Gasteiger partial charge >= 0.3 is 0 Å². The zero-order valence-corrected chi connectivity index (χ0v) is 15.1. The first-order valence-electron chi connectivity index (χ1n) is 8.99. The van der Waals surface area contributed by atoms with Crippen molar-refractivity contribution in [1.82, 2.24) is 15.2 Å².